The van der Waals surface area contributed by atoms with Crippen molar-refractivity contribution in [3.63, 3.8) is 0 Å². The van der Waals surface area contributed by atoms with Crippen LogP contribution in [0.4, 0.5) is 0 Å². The van der Waals surface area contributed by atoms with E-state index in [0.717, 1.165) is 19.3 Å². The van der Waals surface area contributed by atoms with Crippen molar-refractivity contribution in [1.29, 1.82) is 0 Å². The van der Waals surface area contributed by atoms with Gasteiger partial charge >= 0.3 is 5.97 Å². The number of carboxylic acid groups (broad SMARTS) is 1. The standard InChI is InChI=1S/C47H90N12O9/c1-6-7-8-9-10-11-12-13-14-15-16-17-18-27-38(60)56-35(24-19-21-28-48)44(65)59-40(32(2)3)45(66)53-31-39(61)54-33(4)41(62)55-34(5)42(63)57-36(25-20-22-29-49)43(64)58-37(46(67)68)26-23-30-52-47(50)51/h32-37,40H,6-31,48-49H2,1-5H3,(H,53,66)(H,54,61)(H,55,62)(H,56,60)(H,57,63)(H,58,64)(H,59,65)(H,67,68)(H4,50,51,52)/t33-,34-,35-,36-,37-,40-/m0/s1. The van der Waals surface area contributed by atoms with E-state index in [9.17, 15) is 43.5 Å². The molecule has 0 aromatic rings. The first-order chi connectivity index (χ1) is 32.4. The first-order valence-electron chi connectivity index (χ1n) is 25.1. The molecule has 0 aliphatic heterocycles. The summed E-state index contributed by atoms with van der Waals surface area (Å²) in [7, 11) is 0. The predicted molar refractivity (Wildman–Crippen MR) is 264 cm³/mol. The van der Waals surface area contributed by atoms with Crippen LogP contribution in [0.1, 0.15) is 176 Å². The molecule has 0 heterocycles. The number of nitrogens with two attached hydrogens (primary N) is 4. The molecule has 0 fully saturated rings. The molecule has 21 nitrogen and oxygen atoms in total. The van der Waals surface area contributed by atoms with E-state index < -0.39 is 90.1 Å². The van der Waals surface area contributed by atoms with Crippen molar-refractivity contribution in [3.05, 3.63) is 0 Å². The van der Waals surface area contributed by atoms with E-state index >= 15 is 0 Å². The van der Waals surface area contributed by atoms with Gasteiger partial charge in [0.1, 0.15) is 36.3 Å². The van der Waals surface area contributed by atoms with Gasteiger partial charge in [-0.15, -0.1) is 0 Å². The van der Waals surface area contributed by atoms with Crippen LogP contribution >= 0.6 is 0 Å². The highest BCUT2D eigenvalue weighted by Gasteiger charge is 2.31. The summed E-state index contributed by atoms with van der Waals surface area (Å²) < 4.78 is 0. The topological polar surface area (TPSA) is 357 Å². The van der Waals surface area contributed by atoms with Crippen molar-refractivity contribution in [1.82, 2.24) is 37.2 Å². The van der Waals surface area contributed by atoms with E-state index in [1.165, 1.54) is 71.6 Å². The molecule has 0 aromatic carbocycles. The molecule has 0 radical (unpaired) electrons. The SMILES string of the molecule is CCCCCCCCCCCCCCCC(=O)N[C@@H](CCCCN)C(=O)N[C@H](C(=O)NCC(=O)N[C@@H](C)C(=O)N[C@@H](C)C(=O)N[C@@H](CCCCN)C(=O)N[C@@H](CCCN=C(N)N)C(=O)O)C(C)C. The second-order valence-electron chi connectivity index (χ2n) is 18.1. The molecule has 0 saturated heterocycles. The van der Waals surface area contributed by atoms with Gasteiger partial charge in [0, 0.05) is 13.0 Å². The number of hydrogen-bond donors (Lipinski definition) is 12. The average Bonchev–Trinajstić information content (AvgIpc) is 3.28. The van der Waals surface area contributed by atoms with Crippen LogP contribution in [0.2, 0.25) is 0 Å². The molecular weight excluding hydrogens is 877 g/mol. The Hall–Kier alpha value is -5.05. The van der Waals surface area contributed by atoms with Crippen molar-refractivity contribution in [2.45, 2.75) is 212 Å². The maximum Gasteiger partial charge on any atom is 0.326 e. The number of hydrogen-bond acceptors (Lipinski definition) is 11. The molecule has 16 N–H and O–H groups in total. The first-order valence-corrected chi connectivity index (χ1v) is 25.1. The molecule has 7 amide bonds. The Morgan fingerprint density at radius 1 is 0.485 bits per heavy atom. The monoisotopic (exact) mass is 967 g/mol. The summed E-state index contributed by atoms with van der Waals surface area (Å²) in [6.45, 7) is 8.80. The lowest BCUT2D eigenvalue weighted by molar-refractivity contribution is -0.142. The molecule has 0 unspecified atom stereocenters. The van der Waals surface area contributed by atoms with E-state index in [-0.39, 0.29) is 37.7 Å². The largest absolute Gasteiger partial charge is 0.480 e. The minimum atomic E-state index is -1.28. The Labute approximate surface area is 405 Å². The van der Waals surface area contributed by atoms with Gasteiger partial charge in [-0.05, 0) is 90.6 Å². The minimum Gasteiger partial charge on any atom is -0.480 e. The number of carbonyl (C=O) groups excluding carboxylic acids is 7. The van der Waals surface area contributed by atoms with E-state index in [0.29, 0.717) is 58.0 Å². The molecule has 68 heavy (non-hydrogen) atoms. The van der Waals surface area contributed by atoms with Gasteiger partial charge in [0.05, 0.1) is 6.54 Å². The van der Waals surface area contributed by atoms with Crippen LogP contribution in [0.25, 0.3) is 0 Å². The molecular formula is C47H90N12O9. The number of aliphatic carboxylic acids is 1. The van der Waals surface area contributed by atoms with Crippen molar-refractivity contribution in [2.24, 2.45) is 33.8 Å². The van der Waals surface area contributed by atoms with Gasteiger partial charge in [0.2, 0.25) is 41.4 Å². The number of rotatable bonds is 41. The average molecular weight is 967 g/mol. The Balaban J connectivity index is 5.16. The zero-order chi connectivity index (χ0) is 51.3. The fourth-order valence-corrected chi connectivity index (χ4v) is 7.25. The summed E-state index contributed by atoms with van der Waals surface area (Å²) in [5.74, 6) is -6.18. The molecule has 0 aliphatic rings. The summed E-state index contributed by atoms with van der Waals surface area (Å²) in [5.41, 5.74) is 21.9. The highest BCUT2D eigenvalue weighted by atomic mass is 16.4. The highest BCUT2D eigenvalue weighted by Crippen LogP contribution is 2.14. The Morgan fingerprint density at radius 2 is 0.941 bits per heavy atom. The zero-order valence-corrected chi connectivity index (χ0v) is 41.9. The number of nitrogens with zero attached hydrogens (tertiary/aromatic N) is 1. The molecule has 0 rings (SSSR count). The maximum absolute atomic E-state index is 13.5. The van der Waals surface area contributed by atoms with Gasteiger partial charge in [0.25, 0.3) is 0 Å². The number of carbonyl (C=O) groups is 8. The van der Waals surface area contributed by atoms with Crippen LogP contribution in [-0.4, -0.2) is 121 Å². The van der Waals surface area contributed by atoms with Crippen LogP contribution in [0.5, 0.6) is 0 Å². The van der Waals surface area contributed by atoms with Crippen LogP contribution < -0.4 is 60.2 Å². The third-order valence-electron chi connectivity index (χ3n) is 11.4. The van der Waals surface area contributed by atoms with Gasteiger partial charge in [-0.3, -0.25) is 38.6 Å². The molecule has 6 atom stereocenters. The molecule has 0 aliphatic carbocycles. The number of unbranched alkanes of at least 4 members (excludes halogenated alkanes) is 14. The number of aliphatic imine (C=N–C) groups is 1. The Bertz CT molecular complexity index is 1530. The summed E-state index contributed by atoms with van der Waals surface area (Å²) in [4.78, 5) is 108. The normalized spacial score (nSPS) is 13.7. The second kappa shape index (κ2) is 38.9. The molecule has 392 valence electrons. The zero-order valence-electron chi connectivity index (χ0n) is 41.9. The van der Waals surface area contributed by atoms with Gasteiger partial charge in [-0.2, -0.15) is 0 Å². The lowest BCUT2D eigenvalue weighted by atomic mass is 10.0. The molecule has 0 saturated carbocycles. The van der Waals surface area contributed by atoms with Gasteiger partial charge < -0.3 is 65.3 Å². The number of nitrogens with one attached hydrogen (secondary N) is 7. The van der Waals surface area contributed by atoms with Crippen molar-refractivity contribution < 1.29 is 43.5 Å². The second-order valence-corrected chi connectivity index (χ2v) is 18.1. The number of guanidine groups is 1. The Morgan fingerprint density at radius 3 is 1.44 bits per heavy atom. The van der Waals surface area contributed by atoms with E-state index in [1.807, 2.05) is 0 Å². The minimum absolute atomic E-state index is 0.0207. The summed E-state index contributed by atoms with van der Waals surface area (Å²) >= 11 is 0. The third kappa shape index (κ3) is 31.1. The smallest absolute Gasteiger partial charge is 0.326 e. The fraction of sp³-hybridized carbons (Fsp3) is 0.809. The molecule has 21 heteroatoms. The molecule has 0 aromatic heterocycles. The van der Waals surface area contributed by atoms with E-state index in [1.54, 1.807) is 13.8 Å². The van der Waals surface area contributed by atoms with Crippen molar-refractivity contribution in [3.8, 4) is 0 Å². The van der Waals surface area contributed by atoms with Gasteiger partial charge in [0.15, 0.2) is 5.96 Å². The number of amides is 7. The highest BCUT2D eigenvalue weighted by molar-refractivity contribution is 5.96. The summed E-state index contributed by atoms with van der Waals surface area (Å²) in [6.07, 6.45) is 18.7. The van der Waals surface area contributed by atoms with E-state index in [2.05, 4.69) is 49.1 Å². The summed E-state index contributed by atoms with van der Waals surface area (Å²) in [6, 6.07) is -6.69. The van der Waals surface area contributed by atoms with Crippen LogP contribution in [0, 0.1) is 5.92 Å². The lowest BCUT2D eigenvalue weighted by Gasteiger charge is -2.25. The fourth-order valence-electron chi connectivity index (χ4n) is 7.25. The first kappa shape index (κ1) is 63.0. The third-order valence-corrected chi connectivity index (χ3v) is 11.4. The molecule has 0 spiro atoms. The van der Waals surface area contributed by atoms with Crippen molar-refractivity contribution in [2.75, 3.05) is 26.2 Å². The maximum atomic E-state index is 13.5. The Kier molecular flexibility index (Phi) is 36.0. The van der Waals surface area contributed by atoms with Crippen LogP contribution in [0.15, 0.2) is 4.99 Å². The van der Waals surface area contributed by atoms with E-state index in [4.69, 9.17) is 22.9 Å². The quantitative estimate of drug-likeness (QED) is 0.0236. The van der Waals surface area contributed by atoms with Crippen LogP contribution in [0.3, 0.4) is 0 Å². The van der Waals surface area contributed by atoms with Gasteiger partial charge in [-0.1, -0.05) is 97.8 Å². The van der Waals surface area contributed by atoms with Crippen LogP contribution in [-0.2, 0) is 38.4 Å². The van der Waals surface area contributed by atoms with Crippen molar-refractivity contribution >= 4 is 53.3 Å². The lowest BCUT2D eigenvalue weighted by Crippen LogP contribution is -2.57. The summed E-state index contributed by atoms with van der Waals surface area (Å²) in [5, 5.41) is 27.7. The van der Waals surface area contributed by atoms with Gasteiger partial charge in [-0.25, -0.2) is 4.79 Å². The molecule has 0 bridgehead atoms. The number of carboxylic acids is 1. The predicted octanol–water partition coefficient (Wildman–Crippen LogP) is 1.58.